The van der Waals surface area contributed by atoms with Gasteiger partial charge in [0.15, 0.2) is 11.6 Å². The van der Waals surface area contributed by atoms with E-state index in [0.717, 1.165) is 31.7 Å². The minimum atomic E-state index is -0.652. The molecule has 0 heterocycles. The second kappa shape index (κ2) is 7.73. The minimum absolute atomic E-state index is 0.0343. The van der Waals surface area contributed by atoms with Crippen molar-refractivity contribution in [3.05, 3.63) is 29.8 Å². The summed E-state index contributed by atoms with van der Waals surface area (Å²) in [6.45, 7) is 4.65. The van der Waals surface area contributed by atoms with Crippen LogP contribution in [0, 0.1) is 17.0 Å². The molecule has 0 saturated carbocycles. The first kappa shape index (κ1) is 16.3. The van der Waals surface area contributed by atoms with Crippen molar-refractivity contribution in [2.45, 2.75) is 39.5 Å². The summed E-state index contributed by atoms with van der Waals surface area (Å²) < 4.78 is 31.9. The number of ether oxygens (including phenoxy) is 1. The van der Waals surface area contributed by atoms with Crippen LogP contribution in [-0.4, -0.2) is 12.4 Å². The summed E-state index contributed by atoms with van der Waals surface area (Å²) >= 11 is 4.42. The van der Waals surface area contributed by atoms with Crippen molar-refractivity contribution in [1.29, 1.82) is 0 Å². The molecule has 0 bridgehead atoms. The standard InChI is InChI=1S/C15H22F2OS/c1-3-7-15(11-19,8-4-2)10-18-14-6-5-12(16)9-13(14)17/h5-6,9,19H,3-4,7-8,10-11H2,1-2H3. The summed E-state index contributed by atoms with van der Waals surface area (Å²) in [5, 5.41) is 0. The summed E-state index contributed by atoms with van der Waals surface area (Å²) in [5.74, 6) is -0.425. The zero-order valence-electron chi connectivity index (χ0n) is 11.6. The Morgan fingerprint density at radius 3 is 2.26 bits per heavy atom. The Kier molecular flexibility index (Phi) is 6.63. The summed E-state index contributed by atoms with van der Waals surface area (Å²) in [7, 11) is 0. The lowest BCUT2D eigenvalue weighted by molar-refractivity contribution is 0.139. The molecule has 0 aliphatic heterocycles. The predicted octanol–water partition coefficient (Wildman–Crippen LogP) is 4.86. The van der Waals surface area contributed by atoms with E-state index in [2.05, 4.69) is 26.5 Å². The van der Waals surface area contributed by atoms with E-state index in [1.54, 1.807) is 0 Å². The van der Waals surface area contributed by atoms with E-state index in [-0.39, 0.29) is 11.2 Å². The molecule has 0 saturated heterocycles. The number of hydrogen-bond acceptors (Lipinski definition) is 2. The maximum atomic E-state index is 13.5. The summed E-state index contributed by atoms with van der Waals surface area (Å²) in [5.41, 5.74) is -0.0343. The molecule has 0 aliphatic carbocycles. The molecule has 0 N–H and O–H groups in total. The molecule has 0 radical (unpaired) electrons. The van der Waals surface area contributed by atoms with Gasteiger partial charge in [-0.15, -0.1) is 0 Å². The molecule has 108 valence electrons. The Morgan fingerprint density at radius 1 is 1.16 bits per heavy atom. The van der Waals surface area contributed by atoms with Crippen LogP contribution in [0.3, 0.4) is 0 Å². The molecule has 0 unspecified atom stereocenters. The van der Waals surface area contributed by atoms with E-state index in [0.29, 0.717) is 12.4 Å². The normalized spacial score (nSPS) is 11.6. The van der Waals surface area contributed by atoms with Crippen LogP contribution in [0.4, 0.5) is 8.78 Å². The van der Waals surface area contributed by atoms with E-state index in [9.17, 15) is 8.78 Å². The third-order valence-corrected chi connectivity index (χ3v) is 3.99. The van der Waals surface area contributed by atoms with E-state index in [4.69, 9.17) is 4.74 Å². The molecule has 1 nitrogen and oxygen atoms in total. The molecule has 1 aromatic carbocycles. The van der Waals surface area contributed by atoms with Crippen LogP contribution in [-0.2, 0) is 0 Å². The minimum Gasteiger partial charge on any atom is -0.490 e. The number of thiol groups is 1. The predicted molar refractivity (Wildman–Crippen MR) is 78.0 cm³/mol. The Hall–Kier alpha value is -0.770. The van der Waals surface area contributed by atoms with Crippen LogP contribution in [0.25, 0.3) is 0 Å². The second-order valence-corrected chi connectivity index (χ2v) is 5.34. The molecule has 0 spiro atoms. The van der Waals surface area contributed by atoms with Gasteiger partial charge in [-0.3, -0.25) is 0 Å². The highest BCUT2D eigenvalue weighted by Crippen LogP contribution is 2.32. The maximum Gasteiger partial charge on any atom is 0.167 e. The zero-order valence-corrected chi connectivity index (χ0v) is 12.5. The lowest BCUT2D eigenvalue weighted by Gasteiger charge is -2.31. The molecule has 1 rings (SSSR count). The van der Waals surface area contributed by atoms with Crippen LogP contribution in [0.15, 0.2) is 18.2 Å². The molecule has 19 heavy (non-hydrogen) atoms. The third-order valence-electron chi connectivity index (χ3n) is 3.32. The molecular formula is C15H22F2OS. The van der Waals surface area contributed by atoms with Crippen molar-refractivity contribution in [3.8, 4) is 5.75 Å². The van der Waals surface area contributed by atoms with Crippen LogP contribution in [0.1, 0.15) is 39.5 Å². The molecule has 0 aliphatic rings. The maximum absolute atomic E-state index is 13.5. The van der Waals surface area contributed by atoms with Gasteiger partial charge in [0.1, 0.15) is 5.82 Å². The summed E-state index contributed by atoms with van der Waals surface area (Å²) in [6.07, 6.45) is 4.06. The fourth-order valence-electron chi connectivity index (χ4n) is 2.36. The van der Waals surface area contributed by atoms with E-state index in [1.165, 1.54) is 12.1 Å². The van der Waals surface area contributed by atoms with E-state index < -0.39 is 11.6 Å². The van der Waals surface area contributed by atoms with Gasteiger partial charge in [-0.1, -0.05) is 26.7 Å². The van der Waals surface area contributed by atoms with Gasteiger partial charge in [0.25, 0.3) is 0 Å². The molecule has 0 atom stereocenters. The van der Waals surface area contributed by atoms with Gasteiger partial charge in [0, 0.05) is 11.5 Å². The fourth-order valence-corrected chi connectivity index (χ4v) is 2.76. The highest BCUT2D eigenvalue weighted by atomic mass is 32.1. The number of rotatable bonds is 8. The Labute approximate surface area is 119 Å². The van der Waals surface area contributed by atoms with Gasteiger partial charge >= 0.3 is 0 Å². The first-order valence-corrected chi connectivity index (χ1v) is 7.39. The van der Waals surface area contributed by atoms with Crippen molar-refractivity contribution in [3.63, 3.8) is 0 Å². The Bertz CT molecular complexity index is 390. The van der Waals surface area contributed by atoms with E-state index in [1.807, 2.05) is 0 Å². The second-order valence-electron chi connectivity index (χ2n) is 5.02. The van der Waals surface area contributed by atoms with Crippen LogP contribution in [0.2, 0.25) is 0 Å². The monoisotopic (exact) mass is 288 g/mol. The summed E-state index contributed by atoms with van der Waals surface area (Å²) in [6, 6.07) is 3.39. The SMILES string of the molecule is CCCC(CS)(CCC)COc1ccc(F)cc1F. The van der Waals surface area contributed by atoms with Gasteiger partial charge in [0.2, 0.25) is 0 Å². The molecule has 0 amide bonds. The van der Waals surface area contributed by atoms with Crippen molar-refractivity contribution >= 4 is 12.6 Å². The topological polar surface area (TPSA) is 9.23 Å². The zero-order chi connectivity index (χ0) is 14.3. The average molecular weight is 288 g/mol. The van der Waals surface area contributed by atoms with Crippen LogP contribution < -0.4 is 4.74 Å². The summed E-state index contributed by atoms with van der Waals surface area (Å²) in [4.78, 5) is 0. The Balaban J connectivity index is 2.74. The average Bonchev–Trinajstić information content (AvgIpc) is 2.38. The van der Waals surface area contributed by atoms with Crippen molar-refractivity contribution in [2.75, 3.05) is 12.4 Å². The smallest absolute Gasteiger partial charge is 0.167 e. The quantitative estimate of drug-likeness (QED) is 0.672. The Morgan fingerprint density at radius 2 is 1.79 bits per heavy atom. The molecule has 4 heteroatoms. The molecule has 1 aromatic rings. The lowest BCUT2D eigenvalue weighted by atomic mass is 9.82. The van der Waals surface area contributed by atoms with Crippen LogP contribution in [0.5, 0.6) is 5.75 Å². The highest BCUT2D eigenvalue weighted by molar-refractivity contribution is 7.80. The van der Waals surface area contributed by atoms with Crippen molar-refractivity contribution < 1.29 is 13.5 Å². The lowest BCUT2D eigenvalue weighted by Crippen LogP contribution is -2.30. The number of benzene rings is 1. The largest absolute Gasteiger partial charge is 0.490 e. The van der Waals surface area contributed by atoms with E-state index >= 15 is 0 Å². The van der Waals surface area contributed by atoms with Gasteiger partial charge in [-0.05, 0) is 30.7 Å². The highest BCUT2D eigenvalue weighted by Gasteiger charge is 2.28. The molecular weight excluding hydrogens is 266 g/mol. The molecule has 0 fully saturated rings. The van der Waals surface area contributed by atoms with Gasteiger partial charge < -0.3 is 4.74 Å². The van der Waals surface area contributed by atoms with Gasteiger partial charge in [-0.25, -0.2) is 8.78 Å². The fraction of sp³-hybridized carbons (Fsp3) is 0.600. The number of halogens is 2. The molecule has 0 aromatic heterocycles. The first-order valence-electron chi connectivity index (χ1n) is 6.75. The van der Waals surface area contributed by atoms with Crippen molar-refractivity contribution in [1.82, 2.24) is 0 Å². The number of hydrogen-bond donors (Lipinski definition) is 1. The third kappa shape index (κ3) is 4.68. The first-order chi connectivity index (χ1) is 9.06. The van der Waals surface area contributed by atoms with Crippen molar-refractivity contribution in [2.24, 2.45) is 5.41 Å². The van der Waals surface area contributed by atoms with Gasteiger partial charge in [-0.2, -0.15) is 12.6 Å². The van der Waals surface area contributed by atoms with Crippen LogP contribution >= 0.6 is 12.6 Å². The van der Waals surface area contributed by atoms with Gasteiger partial charge in [0.05, 0.1) is 6.61 Å².